The van der Waals surface area contributed by atoms with Crippen LogP contribution in [0.3, 0.4) is 0 Å². The highest BCUT2D eigenvalue weighted by Crippen LogP contribution is 2.20. The molecule has 1 N–H and O–H groups in total. The van der Waals surface area contributed by atoms with Gasteiger partial charge in [-0.05, 0) is 43.3 Å². The number of ether oxygens (including phenoxy) is 2. The van der Waals surface area contributed by atoms with Crippen LogP contribution in [0.15, 0.2) is 60.8 Å². The van der Waals surface area contributed by atoms with Gasteiger partial charge in [-0.25, -0.2) is 9.48 Å². The molecule has 3 aromatic rings. The number of nitrogens with zero attached hydrogens (tertiary/aromatic N) is 2. The Balaban J connectivity index is 1.80. The molecule has 0 unspecified atom stereocenters. The fraction of sp³-hybridized carbons (Fsp3) is 0.150. The molecule has 27 heavy (non-hydrogen) atoms. The zero-order valence-electron chi connectivity index (χ0n) is 15.0. The van der Waals surface area contributed by atoms with Gasteiger partial charge in [0.2, 0.25) is 0 Å². The van der Waals surface area contributed by atoms with Gasteiger partial charge in [0.15, 0.2) is 5.69 Å². The number of carbonyl (C=O) groups is 2. The van der Waals surface area contributed by atoms with E-state index < -0.39 is 5.97 Å². The van der Waals surface area contributed by atoms with Crippen molar-refractivity contribution in [3.63, 3.8) is 0 Å². The minimum absolute atomic E-state index is 0.223. The summed E-state index contributed by atoms with van der Waals surface area (Å²) in [5.41, 5.74) is 1.95. The van der Waals surface area contributed by atoms with E-state index in [2.05, 4.69) is 10.4 Å². The number of hydrogen-bond donors (Lipinski definition) is 1. The maximum Gasteiger partial charge on any atom is 0.358 e. The Morgan fingerprint density at radius 2 is 1.93 bits per heavy atom. The van der Waals surface area contributed by atoms with Crippen molar-refractivity contribution < 1.29 is 19.1 Å². The van der Waals surface area contributed by atoms with Gasteiger partial charge in [-0.3, -0.25) is 4.79 Å². The van der Waals surface area contributed by atoms with Crippen LogP contribution in [0, 0.1) is 0 Å². The molecule has 3 rings (SSSR count). The molecule has 1 amide bonds. The Bertz CT molecular complexity index is 965. The molecule has 0 bridgehead atoms. The normalized spacial score (nSPS) is 10.3. The first-order valence-electron chi connectivity index (χ1n) is 8.40. The summed E-state index contributed by atoms with van der Waals surface area (Å²) in [5, 5.41) is 7.06. The lowest BCUT2D eigenvalue weighted by atomic mass is 10.2. The summed E-state index contributed by atoms with van der Waals surface area (Å²) in [7, 11) is 1.52. The molecule has 0 fully saturated rings. The van der Waals surface area contributed by atoms with Crippen molar-refractivity contribution in [3.8, 4) is 11.4 Å². The molecule has 0 aliphatic carbocycles. The van der Waals surface area contributed by atoms with Crippen LogP contribution in [0.25, 0.3) is 5.69 Å². The average Bonchev–Trinajstić information content (AvgIpc) is 3.19. The van der Waals surface area contributed by atoms with E-state index in [4.69, 9.17) is 9.47 Å². The number of methoxy groups -OCH3 is 1. The summed E-state index contributed by atoms with van der Waals surface area (Å²) < 4.78 is 11.7. The van der Waals surface area contributed by atoms with Crippen molar-refractivity contribution in [2.45, 2.75) is 6.92 Å². The van der Waals surface area contributed by atoms with Crippen molar-refractivity contribution in [3.05, 3.63) is 72.1 Å². The van der Waals surface area contributed by atoms with Crippen molar-refractivity contribution >= 4 is 17.6 Å². The standard InChI is InChI=1S/C20H19N3O4/c1-3-27-20(25)17-11-12-23(22-17)15-8-6-7-14(13-15)21-19(24)16-9-4-5-10-18(16)26-2/h4-13H,3H2,1-2H3,(H,21,24). The highest BCUT2D eigenvalue weighted by Gasteiger charge is 2.13. The van der Waals surface area contributed by atoms with E-state index in [9.17, 15) is 9.59 Å². The smallest absolute Gasteiger partial charge is 0.358 e. The summed E-state index contributed by atoms with van der Waals surface area (Å²) >= 11 is 0. The van der Waals surface area contributed by atoms with Crippen LogP contribution < -0.4 is 10.1 Å². The molecule has 138 valence electrons. The summed E-state index contributed by atoms with van der Waals surface area (Å²) in [4.78, 5) is 24.3. The lowest BCUT2D eigenvalue weighted by Gasteiger charge is -2.10. The first kappa shape index (κ1) is 18.2. The second kappa shape index (κ2) is 8.18. The number of amides is 1. The second-order valence-electron chi connectivity index (χ2n) is 5.57. The van der Waals surface area contributed by atoms with E-state index in [0.29, 0.717) is 22.7 Å². The van der Waals surface area contributed by atoms with Crippen LogP contribution in [0.1, 0.15) is 27.8 Å². The Morgan fingerprint density at radius 3 is 2.70 bits per heavy atom. The van der Waals surface area contributed by atoms with E-state index in [1.165, 1.54) is 7.11 Å². The number of anilines is 1. The van der Waals surface area contributed by atoms with Gasteiger partial charge in [0.1, 0.15) is 5.75 Å². The molecule has 0 radical (unpaired) electrons. The number of carbonyl (C=O) groups excluding carboxylic acids is 2. The predicted octanol–water partition coefficient (Wildman–Crippen LogP) is 3.31. The molecule has 0 saturated carbocycles. The maximum atomic E-state index is 12.5. The molecule has 0 aliphatic rings. The van der Waals surface area contributed by atoms with Gasteiger partial charge >= 0.3 is 5.97 Å². The van der Waals surface area contributed by atoms with Gasteiger partial charge in [0, 0.05) is 11.9 Å². The van der Waals surface area contributed by atoms with Crippen LogP contribution in [0.5, 0.6) is 5.75 Å². The number of esters is 1. The third-order valence-corrected chi connectivity index (χ3v) is 3.79. The highest BCUT2D eigenvalue weighted by atomic mass is 16.5. The second-order valence-corrected chi connectivity index (χ2v) is 5.57. The van der Waals surface area contributed by atoms with Crippen LogP contribution >= 0.6 is 0 Å². The minimum atomic E-state index is -0.475. The number of rotatable bonds is 6. The number of hydrogen-bond acceptors (Lipinski definition) is 5. The highest BCUT2D eigenvalue weighted by molar-refractivity contribution is 6.06. The zero-order valence-corrected chi connectivity index (χ0v) is 15.0. The quantitative estimate of drug-likeness (QED) is 0.678. The molecule has 0 saturated heterocycles. The van der Waals surface area contributed by atoms with Gasteiger partial charge in [-0.15, -0.1) is 0 Å². The first-order chi connectivity index (χ1) is 13.1. The summed E-state index contributed by atoms with van der Waals surface area (Å²) in [6, 6.07) is 15.7. The van der Waals surface area contributed by atoms with Gasteiger partial charge in [0.05, 0.1) is 25.0 Å². The van der Waals surface area contributed by atoms with Crippen LogP contribution in [-0.2, 0) is 4.74 Å². The predicted molar refractivity (Wildman–Crippen MR) is 100 cm³/mol. The lowest BCUT2D eigenvalue weighted by Crippen LogP contribution is -2.13. The fourth-order valence-corrected chi connectivity index (χ4v) is 2.54. The van der Waals surface area contributed by atoms with E-state index in [1.807, 2.05) is 6.07 Å². The molecule has 7 heteroatoms. The molecular weight excluding hydrogens is 346 g/mol. The number of aromatic nitrogens is 2. The SMILES string of the molecule is CCOC(=O)c1ccn(-c2cccc(NC(=O)c3ccccc3OC)c2)n1. The minimum Gasteiger partial charge on any atom is -0.496 e. The van der Waals surface area contributed by atoms with Gasteiger partial charge in [-0.1, -0.05) is 18.2 Å². The van der Waals surface area contributed by atoms with Crippen LogP contribution in [0.2, 0.25) is 0 Å². The Morgan fingerprint density at radius 1 is 1.11 bits per heavy atom. The molecule has 2 aromatic carbocycles. The van der Waals surface area contributed by atoms with Gasteiger partial charge in [0.25, 0.3) is 5.91 Å². The lowest BCUT2D eigenvalue weighted by molar-refractivity contribution is 0.0519. The monoisotopic (exact) mass is 365 g/mol. The molecule has 0 spiro atoms. The van der Waals surface area contributed by atoms with E-state index >= 15 is 0 Å². The summed E-state index contributed by atoms with van der Waals surface area (Å²) in [6.45, 7) is 2.03. The number of para-hydroxylation sites is 1. The molecule has 1 heterocycles. The van der Waals surface area contributed by atoms with Crippen molar-refractivity contribution in [1.29, 1.82) is 0 Å². The molecular formula is C20H19N3O4. The summed E-state index contributed by atoms with van der Waals surface area (Å²) in [5.74, 6) is -0.258. The van der Waals surface area contributed by atoms with Crippen molar-refractivity contribution in [1.82, 2.24) is 9.78 Å². The third kappa shape index (κ3) is 4.14. The van der Waals surface area contributed by atoms with Crippen LogP contribution in [-0.4, -0.2) is 35.4 Å². The van der Waals surface area contributed by atoms with Crippen molar-refractivity contribution in [2.75, 3.05) is 19.0 Å². The topological polar surface area (TPSA) is 82.5 Å². The van der Waals surface area contributed by atoms with Crippen LogP contribution in [0.4, 0.5) is 5.69 Å². The Hall–Kier alpha value is -3.61. The molecule has 0 aliphatic heterocycles. The van der Waals surface area contributed by atoms with E-state index in [0.717, 1.165) is 0 Å². The Labute approximate surface area is 156 Å². The van der Waals surface area contributed by atoms with Gasteiger partial charge in [-0.2, -0.15) is 5.10 Å². The molecule has 0 atom stereocenters. The third-order valence-electron chi connectivity index (χ3n) is 3.79. The maximum absolute atomic E-state index is 12.5. The fourth-order valence-electron chi connectivity index (χ4n) is 2.54. The summed E-state index contributed by atoms with van der Waals surface area (Å²) in [6.07, 6.45) is 1.66. The van der Waals surface area contributed by atoms with E-state index in [1.54, 1.807) is 66.3 Å². The van der Waals surface area contributed by atoms with Crippen molar-refractivity contribution in [2.24, 2.45) is 0 Å². The number of benzene rings is 2. The van der Waals surface area contributed by atoms with E-state index in [-0.39, 0.29) is 18.2 Å². The largest absolute Gasteiger partial charge is 0.496 e. The molecule has 7 nitrogen and oxygen atoms in total. The average molecular weight is 365 g/mol. The number of nitrogens with one attached hydrogen (secondary N) is 1. The first-order valence-corrected chi connectivity index (χ1v) is 8.40. The zero-order chi connectivity index (χ0) is 19.2. The Kier molecular flexibility index (Phi) is 5.51. The van der Waals surface area contributed by atoms with Gasteiger partial charge < -0.3 is 14.8 Å². The molecule has 1 aromatic heterocycles.